The van der Waals surface area contributed by atoms with E-state index in [1.165, 1.54) is 0 Å². The predicted octanol–water partition coefficient (Wildman–Crippen LogP) is 1.78. The quantitative estimate of drug-likeness (QED) is 0.624. The normalized spacial score (nSPS) is 15.4. The Hall–Kier alpha value is -1.62. The summed E-state index contributed by atoms with van der Waals surface area (Å²) in [6.07, 6.45) is 1.08. The van der Waals surface area contributed by atoms with E-state index in [9.17, 15) is 10.1 Å². The molecule has 1 fully saturated rings. The Kier molecular flexibility index (Phi) is 3.58. The zero-order valence-electron chi connectivity index (χ0n) is 9.93. The first-order valence-corrected chi connectivity index (χ1v) is 5.94. The minimum Gasteiger partial charge on any atom is -0.366 e. The van der Waals surface area contributed by atoms with Crippen LogP contribution in [0.1, 0.15) is 13.3 Å². The standard InChI is InChI=1S/C12H17N3O2/c1-2-7-14(12-8-13-9-12)10-3-5-11(6-4-10)15(16)17/h3-6,12-13H,2,7-9H2,1H3. The maximum Gasteiger partial charge on any atom is 0.269 e. The molecule has 92 valence electrons. The second-order valence-corrected chi connectivity index (χ2v) is 4.28. The van der Waals surface area contributed by atoms with Gasteiger partial charge in [-0.15, -0.1) is 0 Å². The van der Waals surface area contributed by atoms with Gasteiger partial charge in [0.2, 0.25) is 0 Å². The van der Waals surface area contributed by atoms with Gasteiger partial charge in [-0.2, -0.15) is 0 Å². The Morgan fingerprint density at radius 1 is 1.41 bits per heavy atom. The lowest BCUT2D eigenvalue weighted by atomic mass is 10.1. The van der Waals surface area contributed by atoms with Gasteiger partial charge in [0, 0.05) is 37.5 Å². The number of hydrogen-bond donors (Lipinski definition) is 1. The van der Waals surface area contributed by atoms with Crippen molar-refractivity contribution in [3.63, 3.8) is 0 Å². The highest BCUT2D eigenvalue weighted by Gasteiger charge is 2.24. The molecule has 5 nitrogen and oxygen atoms in total. The van der Waals surface area contributed by atoms with Gasteiger partial charge < -0.3 is 10.2 Å². The maximum atomic E-state index is 10.6. The molecule has 0 amide bonds. The zero-order chi connectivity index (χ0) is 12.3. The van der Waals surface area contributed by atoms with Crippen LogP contribution >= 0.6 is 0 Å². The van der Waals surface area contributed by atoms with Crippen molar-refractivity contribution in [2.75, 3.05) is 24.5 Å². The van der Waals surface area contributed by atoms with Gasteiger partial charge in [0.15, 0.2) is 0 Å². The van der Waals surface area contributed by atoms with Gasteiger partial charge in [-0.05, 0) is 18.6 Å². The number of nitro groups is 1. The number of non-ortho nitro benzene ring substituents is 1. The van der Waals surface area contributed by atoms with Crippen LogP contribution in [0.4, 0.5) is 11.4 Å². The third kappa shape index (κ3) is 2.55. The molecule has 0 spiro atoms. The smallest absolute Gasteiger partial charge is 0.269 e. The van der Waals surface area contributed by atoms with Gasteiger partial charge >= 0.3 is 0 Å². The Morgan fingerprint density at radius 3 is 2.47 bits per heavy atom. The van der Waals surface area contributed by atoms with Gasteiger partial charge in [0.1, 0.15) is 0 Å². The van der Waals surface area contributed by atoms with E-state index in [-0.39, 0.29) is 10.6 Å². The Balaban J connectivity index is 2.14. The third-order valence-corrected chi connectivity index (χ3v) is 3.06. The van der Waals surface area contributed by atoms with Gasteiger partial charge in [-0.3, -0.25) is 10.1 Å². The number of nitro benzene ring substituents is 1. The van der Waals surface area contributed by atoms with Crippen molar-refractivity contribution < 1.29 is 4.92 Å². The Labute approximate surface area is 101 Å². The number of nitrogens with zero attached hydrogens (tertiary/aromatic N) is 2. The molecule has 1 aromatic rings. The first kappa shape index (κ1) is 11.9. The fourth-order valence-corrected chi connectivity index (χ4v) is 2.02. The number of hydrogen-bond acceptors (Lipinski definition) is 4. The van der Waals surface area contributed by atoms with Crippen LogP contribution in [0.5, 0.6) is 0 Å². The maximum absolute atomic E-state index is 10.6. The van der Waals surface area contributed by atoms with Crippen molar-refractivity contribution in [1.29, 1.82) is 0 Å². The summed E-state index contributed by atoms with van der Waals surface area (Å²) in [4.78, 5) is 12.5. The lowest BCUT2D eigenvalue weighted by Gasteiger charge is -2.39. The molecule has 0 radical (unpaired) electrons. The molecule has 5 heteroatoms. The summed E-state index contributed by atoms with van der Waals surface area (Å²) in [5.41, 5.74) is 1.22. The van der Waals surface area contributed by atoms with E-state index < -0.39 is 0 Å². The molecule has 17 heavy (non-hydrogen) atoms. The number of rotatable bonds is 5. The molecule has 1 aliphatic heterocycles. The van der Waals surface area contributed by atoms with Gasteiger partial charge in [-0.1, -0.05) is 6.92 Å². The van der Waals surface area contributed by atoms with E-state index in [2.05, 4.69) is 17.1 Å². The molecule has 2 rings (SSSR count). The molecule has 0 saturated carbocycles. The van der Waals surface area contributed by atoms with E-state index in [1.807, 2.05) is 12.1 Å². The average Bonchev–Trinajstić information content (AvgIpc) is 2.26. The minimum atomic E-state index is -0.362. The largest absolute Gasteiger partial charge is 0.366 e. The van der Waals surface area contributed by atoms with Crippen LogP contribution in [0.25, 0.3) is 0 Å². The second kappa shape index (κ2) is 5.14. The summed E-state index contributed by atoms with van der Waals surface area (Å²) in [5.74, 6) is 0. The molecule has 0 unspecified atom stereocenters. The molecule has 1 aromatic carbocycles. The molecule has 1 N–H and O–H groups in total. The first-order chi connectivity index (χ1) is 8.22. The summed E-state index contributed by atoms with van der Waals surface area (Å²) in [6.45, 7) is 5.13. The monoisotopic (exact) mass is 235 g/mol. The fraction of sp³-hybridized carbons (Fsp3) is 0.500. The molecule has 1 saturated heterocycles. The van der Waals surface area contributed by atoms with Gasteiger partial charge in [0.25, 0.3) is 5.69 Å². The Morgan fingerprint density at radius 2 is 2.06 bits per heavy atom. The summed E-state index contributed by atoms with van der Waals surface area (Å²) in [7, 11) is 0. The average molecular weight is 235 g/mol. The van der Waals surface area contributed by atoms with Crippen LogP contribution in [0.15, 0.2) is 24.3 Å². The van der Waals surface area contributed by atoms with Crippen molar-refractivity contribution in [3.8, 4) is 0 Å². The highest BCUT2D eigenvalue weighted by atomic mass is 16.6. The van der Waals surface area contributed by atoms with Crippen LogP contribution in [0, 0.1) is 10.1 Å². The van der Waals surface area contributed by atoms with E-state index in [0.717, 1.165) is 31.7 Å². The van der Waals surface area contributed by atoms with E-state index >= 15 is 0 Å². The van der Waals surface area contributed by atoms with Crippen LogP contribution in [0.2, 0.25) is 0 Å². The summed E-state index contributed by atoms with van der Waals surface area (Å²) >= 11 is 0. The van der Waals surface area contributed by atoms with Crippen LogP contribution < -0.4 is 10.2 Å². The SMILES string of the molecule is CCCN(c1ccc([N+](=O)[O-])cc1)C1CNC1. The summed E-state index contributed by atoms with van der Waals surface area (Å²) < 4.78 is 0. The molecular formula is C12H17N3O2. The zero-order valence-corrected chi connectivity index (χ0v) is 9.93. The van der Waals surface area contributed by atoms with Crippen molar-refractivity contribution >= 4 is 11.4 Å². The highest BCUT2D eigenvalue weighted by molar-refractivity contribution is 5.52. The predicted molar refractivity (Wildman–Crippen MR) is 67.4 cm³/mol. The Bertz CT molecular complexity index is 387. The summed E-state index contributed by atoms with van der Waals surface area (Å²) in [6, 6.07) is 7.35. The van der Waals surface area contributed by atoms with Gasteiger partial charge in [0.05, 0.1) is 11.0 Å². The molecule has 0 bridgehead atoms. The van der Waals surface area contributed by atoms with Crippen molar-refractivity contribution in [1.82, 2.24) is 5.32 Å². The minimum absolute atomic E-state index is 0.150. The van der Waals surface area contributed by atoms with Crippen molar-refractivity contribution in [2.45, 2.75) is 19.4 Å². The second-order valence-electron chi connectivity index (χ2n) is 4.28. The third-order valence-electron chi connectivity index (χ3n) is 3.06. The first-order valence-electron chi connectivity index (χ1n) is 5.94. The van der Waals surface area contributed by atoms with E-state index in [0.29, 0.717) is 6.04 Å². The summed E-state index contributed by atoms with van der Waals surface area (Å²) in [5, 5.41) is 13.8. The topological polar surface area (TPSA) is 58.4 Å². The number of anilines is 1. The molecule has 0 atom stereocenters. The molecule has 0 aliphatic carbocycles. The van der Waals surface area contributed by atoms with E-state index in [1.54, 1.807) is 12.1 Å². The van der Waals surface area contributed by atoms with Crippen LogP contribution in [0.3, 0.4) is 0 Å². The molecular weight excluding hydrogens is 218 g/mol. The molecule has 1 aliphatic rings. The lowest BCUT2D eigenvalue weighted by Crippen LogP contribution is -2.57. The van der Waals surface area contributed by atoms with Crippen molar-refractivity contribution in [3.05, 3.63) is 34.4 Å². The van der Waals surface area contributed by atoms with E-state index in [4.69, 9.17) is 0 Å². The highest BCUT2D eigenvalue weighted by Crippen LogP contribution is 2.22. The van der Waals surface area contributed by atoms with Crippen molar-refractivity contribution in [2.24, 2.45) is 0 Å². The number of nitrogens with one attached hydrogen (secondary N) is 1. The molecule has 0 aromatic heterocycles. The van der Waals surface area contributed by atoms with Gasteiger partial charge in [-0.25, -0.2) is 0 Å². The van der Waals surface area contributed by atoms with Crippen LogP contribution in [-0.4, -0.2) is 30.6 Å². The number of benzene rings is 1. The van der Waals surface area contributed by atoms with Crippen LogP contribution in [-0.2, 0) is 0 Å². The fourth-order valence-electron chi connectivity index (χ4n) is 2.02. The molecule has 1 heterocycles. The lowest BCUT2D eigenvalue weighted by molar-refractivity contribution is -0.384.